The fraction of sp³-hybridized carbons (Fsp3) is 0.636. The number of aliphatic imine (C=N–C) groups is 1. The lowest BCUT2D eigenvalue weighted by Crippen LogP contribution is -2.49. The van der Waals surface area contributed by atoms with Gasteiger partial charge in [0, 0.05) is 46.3 Å². The maximum Gasteiger partial charge on any atom is 0.243 e. The van der Waals surface area contributed by atoms with Crippen molar-refractivity contribution in [2.24, 2.45) is 4.99 Å². The molecule has 1 saturated heterocycles. The first-order valence-corrected chi connectivity index (χ1v) is 10.6. The number of hydrogen-bond donors (Lipinski definition) is 2. The van der Waals surface area contributed by atoms with Gasteiger partial charge in [-0.3, -0.25) is 9.69 Å². The van der Waals surface area contributed by atoms with Crippen LogP contribution in [0, 0.1) is 0 Å². The van der Waals surface area contributed by atoms with E-state index in [4.69, 9.17) is 0 Å². The Labute approximate surface area is 170 Å². The quantitative estimate of drug-likeness (QED) is 0.388. The van der Waals surface area contributed by atoms with Crippen molar-refractivity contribution in [1.29, 1.82) is 0 Å². The molecule has 1 aromatic rings. The lowest BCUT2D eigenvalue weighted by Gasteiger charge is -2.33. The smallest absolute Gasteiger partial charge is 0.243 e. The molecular formula is C22H37N5O. The molecule has 2 rings (SSSR count). The summed E-state index contributed by atoms with van der Waals surface area (Å²) in [5.41, 5.74) is 1.37. The molecule has 6 nitrogen and oxygen atoms in total. The number of carbonyl (C=O) groups excluding carboxylic acids is 1. The van der Waals surface area contributed by atoms with Crippen LogP contribution in [0.15, 0.2) is 35.3 Å². The van der Waals surface area contributed by atoms with Gasteiger partial charge in [-0.25, -0.2) is 4.99 Å². The monoisotopic (exact) mass is 387 g/mol. The lowest BCUT2D eigenvalue weighted by molar-refractivity contribution is -0.127. The van der Waals surface area contributed by atoms with Crippen molar-refractivity contribution in [3.63, 3.8) is 0 Å². The van der Waals surface area contributed by atoms with Gasteiger partial charge in [0.25, 0.3) is 0 Å². The second-order valence-electron chi connectivity index (χ2n) is 7.77. The Morgan fingerprint density at radius 2 is 1.89 bits per heavy atom. The van der Waals surface area contributed by atoms with E-state index in [1.54, 1.807) is 19.0 Å². The van der Waals surface area contributed by atoms with Crippen LogP contribution in [-0.4, -0.2) is 68.0 Å². The first kappa shape index (κ1) is 22.2. The molecule has 1 fully saturated rings. The molecule has 1 aliphatic rings. The Balaban J connectivity index is 1.81. The summed E-state index contributed by atoms with van der Waals surface area (Å²) in [7, 11) is 3.53. The van der Waals surface area contributed by atoms with Crippen LogP contribution in [0.25, 0.3) is 0 Å². The van der Waals surface area contributed by atoms with Crippen LogP contribution in [0.2, 0.25) is 0 Å². The molecule has 6 heteroatoms. The molecule has 0 aliphatic carbocycles. The van der Waals surface area contributed by atoms with E-state index in [9.17, 15) is 4.79 Å². The minimum absolute atomic E-state index is 0.0207. The van der Waals surface area contributed by atoms with E-state index in [2.05, 4.69) is 57.8 Å². The summed E-state index contributed by atoms with van der Waals surface area (Å²) < 4.78 is 0. The van der Waals surface area contributed by atoms with Gasteiger partial charge in [0.2, 0.25) is 5.91 Å². The Kier molecular flexibility index (Phi) is 9.83. The van der Waals surface area contributed by atoms with Crippen molar-refractivity contribution < 1.29 is 4.79 Å². The highest BCUT2D eigenvalue weighted by Gasteiger charge is 2.20. The number of piperidine rings is 1. The first-order valence-electron chi connectivity index (χ1n) is 10.6. The van der Waals surface area contributed by atoms with Crippen LogP contribution in [0.3, 0.4) is 0 Å². The zero-order chi connectivity index (χ0) is 20.2. The van der Waals surface area contributed by atoms with Gasteiger partial charge in [0.1, 0.15) is 6.54 Å². The Morgan fingerprint density at radius 3 is 2.54 bits per heavy atom. The van der Waals surface area contributed by atoms with E-state index in [-0.39, 0.29) is 12.5 Å². The number of nitrogens with zero attached hydrogens (tertiary/aromatic N) is 3. The van der Waals surface area contributed by atoms with E-state index < -0.39 is 0 Å². The SMILES string of the molecule is CCCCCNC(=NCC(=O)N(C)C)NC1CCN(Cc2ccccc2)CC1. The summed E-state index contributed by atoms with van der Waals surface area (Å²) in [6.45, 7) is 6.44. The van der Waals surface area contributed by atoms with Gasteiger partial charge < -0.3 is 15.5 Å². The second-order valence-corrected chi connectivity index (χ2v) is 7.77. The second kappa shape index (κ2) is 12.4. The van der Waals surface area contributed by atoms with Gasteiger partial charge >= 0.3 is 0 Å². The van der Waals surface area contributed by atoms with Crippen molar-refractivity contribution in [2.45, 2.75) is 51.6 Å². The minimum Gasteiger partial charge on any atom is -0.356 e. The minimum atomic E-state index is 0.0207. The maximum atomic E-state index is 11.9. The zero-order valence-electron chi connectivity index (χ0n) is 17.8. The fourth-order valence-corrected chi connectivity index (χ4v) is 3.29. The number of likely N-dealkylation sites (tertiary alicyclic amines) is 1. The van der Waals surface area contributed by atoms with Crippen LogP contribution in [-0.2, 0) is 11.3 Å². The molecule has 1 aromatic carbocycles. The van der Waals surface area contributed by atoms with Crippen LogP contribution in [0.4, 0.5) is 0 Å². The number of hydrogen-bond acceptors (Lipinski definition) is 3. The maximum absolute atomic E-state index is 11.9. The summed E-state index contributed by atoms with van der Waals surface area (Å²) in [5.74, 6) is 0.792. The number of carbonyl (C=O) groups is 1. The summed E-state index contributed by atoms with van der Waals surface area (Å²) in [6, 6.07) is 11.1. The number of nitrogens with one attached hydrogen (secondary N) is 2. The molecule has 28 heavy (non-hydrogen) atoms. The number of guanidine groups is 1. The molecular weight excluding hydrogens is 350 g/mol. The summed E-state index contributed by atoms with van der Waals surface area (Å²) >= 11 is 0. The lowest BCUT2D eigenvalue weighted by atomic mass is 10.0. The van der Waals surface area contributed by atoms with E-state index in [1.165, 1.54) is 18.4 Å². The number of likely N-dealkylation sites (N-methyl/N-ethyl adjacent to an activating group) is 1. The average molecular weight is 388 g/mol. The largest absolute Gasteiger partial charge is 0.356 e. The number of amides is 1. The number of rotatable bonds is 9. The summed E-state index contributed by atoms with van der Waals surface area (Å²) in [6.07, 6.45) is 5.69. The summed E-state index contributed by atoms with van der Waals surface area (Å²) in [5, 5.41) is 6.95. The number of benzene rings is 1. The third kappa shape index (κ3) is 8.30. The third-order valence-electron chi connectivity index (χ3n) is 5.12. The molecule has 0 bridgehead atoms. The van der Waals surface area contributed by atoms with Gasteiger partial charge in [-0.15, -0.1) is 0 Å². The third-order valence-corrected chi connectivity index (χ3v) is 5.12. The van der Waals surface area contributed by atoms with Crippen molar-refractivity contribution >= 4 is 11.9 Å². The van der Waals surface area contributed by atoms with Crippen molar-refractivity contribution in [2.75, 3.05) is 40.3 Å². The van der Waals surface area contributed by atoms with E-state index in [0.717, 1.165) is 51.4 Å². The van der Waals surface area contributed by atoms with Gasteiger partial charge in [0.05, 0.1) is 0 Å². The highest BCUT2D eigenvalue weighted by molar-refractivity contribution is 5.84. The van der Waals surface area contributed by atoms with E-state index >= 15 is 0 Å². The van der Waals surface area contributed by atoms with Gasteiger partial charge in [0.15, 0.2) is 5.96 Å². The molecule has 1 heterocycles. The fourth-order valence-electron chi connectivity index (χ4n) is 3.29. The standard InChI is InChI=1S/C22H37N5O/c1-4-5-9-14-23-22(24-17-21(28)26(2)3)25-20-12-15-27(16-13-20)18-19-10-7-6-8-11-19/h6-8,10-11,20H,4-5,9,12-18H2,1-3H3,(H2,23,24,25). The van der Waals surface area contributed by atoms with Crippen LogP contribution in [0.5, 0.6) is 0 Å². The molecule has 1 aliphatic heterocycles. The van der Waals surface area contributed by atoms with E-state index in [1.807, 2.05) is 0 Å². The molecule has 0 unspecified atom stereocenters. The predicted molar refractivity (Wildman–Crippen MR) is 116 cm³/mol. The zero-order valence-corrected chi connectivity index (χ0v) is 17.8. The molecule has 2 N–H and O–H groups in total. The van der Waals surface area contributed by atoms with Gasteiger partial charge in [-0.1, -0.05) is 50.1 Å². The topological polar surface area (TPSA) is 60.0 Å². The molecule has 0 aromatic heterocycles. The molecule has 1 amide bonds. The average Bonchev–Trinajstić information content (AvgIpc) is 2.71. The predicted octanol–water partition coefficient (Wildman–Crippen LogP) is 2.46. The highest BCUT2D eigenvalue weighted by Crippen LogP contribution is 2.13. The molecule has 0 atom stereocenters. The molecule has 0 spiro atoms. The molecule has 0 radical (unpaired) electrons. The van der Waals surface area contributed by atoms with Crippen molar-refractivity contribution in [3.05, 3.63) is 35.9 Å². The first-order chi connectivity index (χ1) is 13.6. The molecule has 0 saturated carbocycles. The van der Waals surface area contributed by atoms with Crippen molar-refractivity contribution in [3.8, 4) is 0 Å². The Morgan fingerprint density at radius 1 is 1.18 bits per heavy atom. The Hall–Kier alpha value is -2.08. The van der Waals surface area contributed by atoms with Crippen LogP contribution >= 0.6 is 0 Å². The van der Waals surface area contributed by atoms with E-state index in [0.29, 0.717) is 6.04 Å². The van der Waals surface area contributed by atoms with Gasteiger partial charge in [-0.05, 0) is 24.8 Å². The summed E-state index contributed by atoms with van der Waals surface area (Å²) in [4.78, 5) is 20.5. The normalized spacial score (nSPS) is 16.0. The highest BCUT2D eigenvalue weighted by atomic mass is 16.2. The van der Waals surface area contributed by atoms with Crippen LogP contribution in [0.1, 0.15) is 44.6 Å². The number of unbranched alkanes of at least 4 members (excludes halogenated alkanes) is 2. The van der Waals surface area contributed by atoms with Crippen molar-refractivity contribution in [1.82, 2.24) is 20.4 Å². The van der Waals surface area contributed by atoms with Gasteiger partial charge in [-0.2, -0.15) is 0 Å². The Bertz CT molecular complexity index is 594. The van der Waals surface area contributed by atoms with Crippen LogP contribution < -0.4 is 10.6 Å². The molecule has 156 valence electrons.